The standard InChI is InChI=1S/C23H24BrFO4/c1-5-27-21(26)10-14-6-8-16(25)12-20(14)28-13-18-17-11-15(24)7-9-19(17)29-22(18)23(2,3)4/h6-9,11-12H,5,10,13H2,1-4H3. The summed E-state index contributed by atoms with van der Waals surface area (Å²) in [6.45, 7) is 8.43. The normalized spacial score (nSPS) is 11.7. The highest BCUT2D eigenvalue weighted by Gasteiger charge is 2.26. The highest BCUT2D eigenvalue weighted by molar-refractivity contribution is 9.10. The zero-order valence-electron chi connectivity index (χ0n) is 17.0. The fourth-order valence-corrected chi connectivity index (χ4v) is 3.56. The summed E-state index contributed by atoms with van der Waals surface area (Å²) in [6.07, 6.45) is 0.0211. The molecule has 2 aromatic carbocycles. The van der Waals surface area contributed by atoms with E-state index in [1.165, 1.54) is 12.1 Å². The number of esters is 1. The Morgan fingerprint density at radius 3 is 2.62 bits per heavy atom. The second-order valence-electron chi connectivity index (χ2n) is 7.82. The number of halogens is 2. The largest absolute Gasteiger partial charge is 0.488 e. The summed E-state index contributed by atoms with van der Waals surface area (Å²) in [7, 11) is 0. The number of furan rings is 1. The fourth-order valence-electron chi connectivity index (χ4n) is 3.20. The molecule has 29 heavy (non-hydrogen) atoms. The molecule has 154 valence electrons. The molecule has 0 N–H and O–H groups in total. The Balaban J connectivity index is 1.96. The number of benzene rings is 2. The molecule has 1 aromatic heterocycles. The van der Waals surface area contributed by atoms with Gasteiger partial charge in [-0.3, -0.25) is 4.79 Å². The molecule has 0 amide bonds. The molecule has 4 nitrogen and oxygen atoms in total. The maximum atomic E-state index is 13.9. The van der Waals surface area contributed by atoms with E-state index in [4.69, 9.17) is 13.9 Å². The molecule has 0 aliphatic rings. The second kappa shape index (κ2) is 8.57. The quantitative estimate of drug-likeness (QED) is 0.402. The molecular weight excluding hydrogens is 439 g/mol. The van der Waals surface area contributed by atoms with Crippen molar-refractivity contribution in [2.45, 2.75) is 46.1 Å². The zero-order chi connectivity index (χ0) is 21.2. The van der Waals surface area contributed by atoms with Gasteiger partial charge in [0.1, 0.15) is 29.5 Å². The van der Waals surface area contributed by atoms with Gasteiger partial charge in [-0.15, -0.1) is 0 Å². The first-order chi connectivity index (χ1) is 13.7. The van der Waals surface area contributed by atoms with E-state index in [0.717, 1.165) is 26.8 Å². The van der Waals surface area contributed by atoms with E-state index in [1.807, 2.05) is 18.2 Å². The van der Waals surface area contributed by atoms with Crippen LogP contribution in [0, 0.1) is 5.82 Å². The first-order valence-electron chi connectivity index (χ1n) is 9.47. The van der Waals surface area contributed by atoms with Gasteiger partial charge < -0.3 is 13.9 Å². The first kappa shape index (κ1) is 21.4. The summed E-state index contributed by atoms with van der Waals surface area (Å²) >= 11 is 3.50. The van der Waals surface area contributed by atoms with Crippen LogP contribution in [0.5, 0.6) is 5.75 Å². The van der Waals surface area contributed by atoms with Crippen molar-refractivity contribution >= 4 is 32.9 Å². The monoisotopic (exact) mass is 462 g/mol. The lowest BCUT2D eigenvalue weighted by Crippen LogP contribution is -2.14. The molecule has 3 rings (SSSR count). The van der Waals surface area contributed by atoms with E-state index in [2.05, 4.69) is 36.7 Å². The number of rotatable bonds is 6. The number of carbonyl (C=O) groups is 1. The van der Waals surface area contributed by atoms with Gasteiger partial charge in [-0.2, -0.15) is 0 Å². The molecule has 0 atom stereocenters. The Morgan fingerprint density at radius 1 is 1.17 bits per heavy atom. The minimum Gasteiger partial charge on any atom is -0.488 e. The van der Waals surface area contributed by atoms with E-state index >= 15 is 0 Å². The minimum absolute atomic E-state index is 0.0211. The van der Waals surface area contributed by atoms with E-state index in [-0.39, 0.29) is 24.4 Å². The summed E-state index contributed by atoms with van der Waals surface area (Å²) in [5.74, 6) is 0.330. The minimum atomic E-state index is -0.427. The third-order valence-electron chi connectivity index (χ3n) is 4.48. The van der Waals surface area contributed by atoms with Crippen LogP contribution in [-0.2, 0) is 28.0 Å². The van der Waals surface area contributed by atoms with Crippen molar-refractivity contribution in [2.75, 3.05) is 6.61 Å². The van der Waals surface area contributed by atoms with Gasteiger partial charge in [0.15, 0.2) is 0 Å². The van der Waals surface area contributed by atoms with Crippen LogP contribution < -0.4 is 4.74 Å². The lowest BCUT2D eigenvalue weighted by molar-refractivity contribution is -0.142. The van der Waals surface area contributed by atoms with Crippen LogP contribution in [-0.4, -0.2) is 12.6 Å². The van der Waals surface area contributed by atoms with Crippen molar-refractivity contribution in [2.24, 2.45) is 0 Å². The van der Waals surface area contributed by atoms with Crippen LogP contribution in [0.3, 0.4) is 0 Å². The van der Waals surface area contributed by atoms with Crippen molar-refractivity contribution in [1.29, 1.82) is 0 Å². The summed E-state index contributed by atoms with van der Waals surface area (Å²) in [5.41, 5.74) is 2.01. The Morgan fingerprint density at radius 2 is 1.93 bits per heavy atom. The average molecular weight is 463 g/mol. The van der Waals surface area contributed by atoms with Gasteiger partial charge >= 0.3 is 5.97 Å². The molecule has 0 fully saturated rings. The van der Waals surface area contributed by atoms with Crippen LogP contribution in [0.4, 0.5) is 4.39 Å². The third-order valence-corrected chi connectivity index (χ3v) is 4.97. The van der Waals surface area contributed by atoms with Gasteiger partial charge in [0.05, 0.1) is 13.0 Å². The summed E-state index contributed by atoms with van der Waals surface area (Å²) in [4.78, 5) is 11.9. The zero-order valence-corrected chi connectivity index (χ0v) is 18.6. The van der Waals surface area contributed by atoms with Crippen LogP contribution in [0.1, 0.15) is 44.6 Å². The molecule has 0 bridgehead atoms. The predicted octanol–water partition coefficient (Wildman–Crippen LogP) is 6.32. The number of fused-ring (bicyclic) bond motifs is 1. The number of hydrogen-bond donors (Lipinski definition) is 0. The molecule has 6 heteroatoms. The average Bonchev–Trinajstić information content (AvgIpc) is 3.00. The number of hydrogen-bond acceptors (Lipinski definition) is 4. The Hall–Kier alpha value is -2.34. The maximum absolute atomic E-state index is 13.9. The molecule has 1 heterocycles. The van der Waals surface area contributed by atoms with Gasteiger partial charge in [0.2, 0.25) is 0 Å². The third kappa shape index (κ3) is 4.99. The van der Waals surface area contributed by atoms with Crippen LogP contribution in [0.2, 0.25) is 0 Å². The van der Waals surface area contributed by atoms with Crippen LogP contribution >= 0.6 is 15.9 Å². The maximum Gasteiger partial charge on any atom is 0.310 e. The van der Waals surface area contributed by atoms with Gasteiger partial charge in [-0.1, -0.05) is 42.8 Å². The molecule has 0 saturated carbocycles. The number of carbonyl (C=O) groups excluding carboxylic acids is 1. The molecular formula is C23H24BrFO4. The lowest BCUT2D eigenvalue weighted by Gasteiger charge is -2.18. The van der Waals surface area contributed by atoms with E-state index in [0.29, 0.717) is 17.9 Å². The summed E-state index contributed by atoms with van der Waals surface area (Å²) < 4.78 is 31.9. The first-order valence-corrected chi connectivity index (χ1v) is 10.3. The molecule has 0 radical (unpaired) electrons. The molecule has 0 unspecified atom stereocenters. The Labute approximate surface area is 178 Å². The Kier molecular flexibility index (Phi) is 6.32. The molecule has 0 spiro atoms. The van der Waals surface area contributed by atoms with Gasteiger partial charge in [0, 0.05) is 32.5 Å². The van der Waals surface area contributed by atoms with E-state index in [1.54, 1.807) is 13.0 Å². The van der Waals surface area contributed by atoms with Gasteiger partial charge in [-0.05, 0) is 31.2 Å². The predicted molar refractivity (Wildman–Crippen MR) is 114 cm³/mol. The van der Waals surface area contributed by atoms with Crippen LogP contribution in [0.25, 0.3) is 11.0 Å². The molecule has 0 aliphatic carbocycles. The highest BCUT2D eigenvalue weighted by Crippen LogP contribution is 2.36. The van der Waals surface area contributed by atoms with Crippen molar-refractivity contribution in [1.82, 2.24) is 0 Å². The Bertz CT molecular complexity index is 1030. The topological polar surface area (TPSA) is 48.7 Å². The highest BCUT2D eigenvalue weighted by atomic mass is 79.9. The van der Waals surface area contributed by atoms with Crippen LogP contribution in [0.15, 0.2) is 45.3 Å². The molecule has 3 aromatic rings. The molecule has 0 aliphatic heterocycles. The van der Waals surface area contributed by atoms with Crippen molar-refractivity contribution in [3.8, 4) is 5.75 Å². The van der Waals surface area contributed by atoms with Crippen molar-refractivity contribution < 1.29 is 23.1 Å². The lowest BCUT2D eigenvalue weighted by atomic mass is 9.90. The molecule has 0 saturated heterocycles. The fraction of sp³-hybridized carbons (Fsp3) is 0.348. The number of ether oxygens (including phenoxy) is 2. The summed E-state index contributed by atoms with van der Waals surface area (Å²) in [5, 5.41) is 0.938. The van der Waals surface area contributed by atoms with E-state index in [9.17, 15) is 9.18 Å². The van der Waals surface area contributed by atoms with Crippen molar-refractivity contribution in [3.05, 3.63) is 63.6 Å². The van der Waals surface area contributed by atoms with Gasteiger partial charge in [-0.25, -0.2) is 4.39 Å². The van der Waals surface area contributed by atoms with E-state index < -0.39 is 5.82 Å². The van der Waals surface area contributed by atoms with Gasteiger partial charge in [0.25, 0.3) is 0 Å². The summed E-state index contributed by atoms with van der Waals surface area (Å²) in [6, 6.07) is 9.98. The SMILES string of the molecule is CCOC(=O)Cc1ccc(F)cc1OCc1c(C(C)(C)C)oc2ccc(Br)cc12. The van der Waals surface area contributed by atoms with Crippen molar-refractivity contribution in [3.63, 3.8) is 0 Å². The second-order valence-corrected chi connectivity index (χ2v) is 8.74. The smallest absolute Gasteiger partial charge is 0.310 e.